The number of nitrogens with one attached hydrogen (secondary N) is 1. The van der Waals surface area contributed by atoms with Crippen molar-refractivity contribution in [1.82, 2.24) is 15.3 Å². The number of hydrogen-bond acceptors (Lipinski definition) is 6. The van der Waals surface area contributed by atoms with Gasteiger partial charge in [-0.25, -0.2) is 24.1 Å². The molecule has 26 heavy (non-hydrogen) atoms. The summed E-state index contributed by atoms with van der Waals surface area (Å²) in [4.78, 5) is 47.3. The standard InChI is InChI=1S/C17H14FN5O3/c1-22(2)16-19-8-10(9-20-16)6-13-14(24)21-17(26)23(15(13)25)12-5-3-4-11(18)7-12/h3-9H,1-2H3,(H,21,24,26)/b13-6-. The molecule has 2 aromatic rings. The fraction of sp³-hybridized carbons (Fsp3) is 0.118. The highest BCUT2D eigenvalue weighted by Crippen LogP contribution is 2.22. The first kappa shape index (κ1) is 17.2. The van der Waals surface area contributed by atoms with Gasteiger partial charge in [0, 0.05) is 32.1 Å². The van der Waals surface area contributed by atoms with Crippen LogP contribution in [0, 0.1) is 5.82 Å². The number of imide groups is 2. The highest BCUT2D eigenvalue weighted by Gasteiger charge is 2.36. The van der Waals surface area contributed by atoms with Crippen molar-refractivity contribution in [3.05, 3.63) is 53.6 Å². The van der Waals surface area contributed by atoms with Crippen LogP contribution in [0.4, 0.5) is 20.8 Å². The molecule has 2 heterocycles. The number of benzene rings is 1. The van der Waals surface area contributed by atoms with Crippen LogP contribution in [0.3, 0.4) is 0 Å². The van der Waals surface area contributed by atoms with Crippen molar-refractivity contribution in [1.29, 1.82) is 0 Å². The third-order valence-corrected chi connectivity index (χ3v) is 3.54. The molecule has 1 fully saturated rings. The molecule has 1 aromatic carbocycles. The zero-order valence-electron chi connectivity index (χ0n) is 13.9. The van der Waals surface area contributed by atoms with Gasteiger partial charge in [-0.3, -0.25) is 14.9 Å². The lowest BCUT2D eigenvalue weighted by molar-refractivity contribution is -0.122. The molecule has 3 rings (SSSR count). The summed E-state index contributed by atoms with van der Waals surface area (Å²) in [5, 5.41) is 2.07. The van der Waals surface area contributed by atoms with Gasteiger partial charge in [-0.05, 0) is 24.3 Å². The highest BCUT2D eigenvalue weighted by atomic mass is 19.1. The SMILES string of the molecule is CN(C)c1ncc(/C=C2/C(=O)NC(=O)N(c3cccc(F)c3)C2=O)cn1. The maximum atomic E-state index is 13.4. The summed E-state index contributed by atoms with van der Waals surface area (Å²) in [6.45, 7) is 0. The maximum Gasteiger partial charge on any atom is 0.335 e. The third-order valence-electron chi connectivity index (χ3n) is 3.54. The number of rotatable bonds is 3. The number of amides is 4. The molecule has 0 aliphatic carbocycles. The molecule has 1 aliphatic heterocycles. The van der Waals surface area contributed by atoms with Crippen LogP contribution < -0.4 is 15.1 Å². The van der Waals surface area contributed by atoms with Crippen molar-refractivity contribution in [2.75, 3.05) is 23.9 Å². The van der Waals surface area contributed by atoms with E-state index >= 15 is 0 Å². The van der Waals surface area contributed by atoms with Gasteiger partial charge in [-0.1, -0.05) is 6.07 Å². The van der Waals surface area contributed by atoms with Crippen LogP contribution in [-0.2, 0) is 9.59 Å². The normalized spacial score (nSPS) is 16.0. The van der Waals surface area contributed by atoms with Crippen molar-refractivity contribution >= 4 is 35.6 Å². The second-order valence-electron chi connectivity index (χ2n) is 5.65. The summed E-state index contributed by atoms with van der Waals surface area (Å²) >= 11 is 0. The van der Waals surface area contributed by atoms with Gasteiger partial charge in [0.15, 0.2) is 0 Å². The van der Waals surface area contributed by atoms with E-state index in [9.17, 15) is 18.8 Å². The molecule has 1 aromatic heterocycles. The molecule has 0 bridgehead atoms. The molecule has 4 amide bonds. The Labute approximate surface area is 148 Å². The molecule has 0 unspecified atom stereocenters. The van der Waals surface area contributed by atoms with Gasteiger partial charge in [0.1, 0.15) is 11.4 Å². The molecule has 0 saturated carbocycles. The molecular weight excluding hydrogens is 341 g/mol. The fourth-order valence-corrected chi connectivity index (χ4v) is 2.31. The van der Waals surface area contributed by atoms with Crippen LogP contribution in [0.25, 0.3) is 6.08 Å². The number of carbonyl (C=O) groups is 3. The molecule has 1 aliphatic rings. The first-order valence-electron chi connectivity index (χ1n) is 7.53. The van der Waals surface area contributed by atoms with E-state index < -0.39 is 23.7 Å². The Kier molecular flexibility index (Phi) is 4.44. The van der Waals surface area contributed by atoms with E-state index in [4.69, 9.17) is 0 Å². The van der Waals surface area contributed by atoms with Gasteiger partial charge >= 0.3 is 6.03 Å². The molecule has 132 valence electrons. The number of carbonyl (C=O) groups excluding carboxylic acids is 3. The van der Waals surface area contributed by atoms with Crippen LogP contribution in [0.15, 0.2) is 42.2 Å². The lowest BCUT2D eigenvalue weighted by Crippen LogP contribution is -2.54. The molecule has 1 N–H and O–H groups in total. The summed E-state index contributed by atoms with van der Waals surface area (Å²) in [6.07, 6.45) is 4.16. The minimum Gasteiger partial charge on any atom is -0.347 e. The Balaban J connectivity index is 1.97. The summed E-state index contributed by atoms with van der Waals surface area (Å²) in [5.74, 6) is -1.85. The van der Waals surface area contributed by atoms with E-state index in [0.717, 1.165) is 6.07 Å². The van der Waals surface area contributed by atoms with Crippen molar-refractivity contribution in [3.63, 3.8) is 0 Å². The topological polar surface area (TPSA) is 95.5 Å². The highest BCUT2D eigenvalue weighted by molar-refractivity contribution is 6.39. The molecule has 0 radical (unpaired) electrons. The van der Waals surface area contributed by atoms with Crippen LogP contribution in [-0.4, -0.2) is 41.9 Å². The third kappa shape index (κ3) is 3.27. The summed E-state index contributed by atoms with van der Waals surface area (Å²) in [7, 11) is 3.54. The average Bonchev–Trinajstić information content (AvgIpc) is 2.59. The Morgan fingerprint density at radius 2 is 1.85 bits per heavy atom. The second kappa shape index (κ2) is 6.71. The van der Waals surface area contributed by atoms with Gasteiger partial charge < -0.3 is 4.90 Å². The van der Waals surface area contributed by atoms with E-state index in [0.29, 0.717) is 16.4 Å². The number of anilines is 2. The van der Waals surface area contributed by atoms with Crippen LogP contribution in [0.2, 0.25) is 0 Å². The molecule has 0 atom stereocenters. The number of nitrogens with zero attached hydrogens (tertiary/aromatic N) is 4. The lowest BCUT2D eigenvalue weighted by atomic mass is 10.1. The number of barbiturate groups is 1. The monoisotopic (exact) mass is 355 g/mol. The van der Waals surface area contributed by atoms with E-state index in [1.165, 1.54) is 36.7 Å². The zero-order chi connectivity index (χ0) is 18.8. The van der Waals surface area contributed by atoms with Crippen molar-refractivity contribution in [2.45, 2.75) is 0 Å². The van der Waals surface area contributed by atoms with Gasteiger partial charge in [0.2, 0.25) is 5.95 Å². The fourth-order valence-electron chi connectivity index (χ4n) is 2.31. The number of aromatic nitrogens is 2. The Bertz CT molecular complexity index is 924. The zero-order valence-corrected chi connectivity index (χ0v) is 13.9. The Hall–Kier alpha value is -3.62. The van der Waals surface area contributed by atoms with E-state index in [1.807, 2.05) is 0 Å². The number of hydrogen-bond donors (Lipinski definition) is 1. The average molecular weight is 355 g/mol. The summed E-state index contributed by atoms with van der Waals surface area (Å²) in [6, 6.07) is 4.02. The summed E-state index contributed by atoms with van der Waals surface area (Å²) < 4.78 is 13.4. The van der Waals surface area contributed by atoms with Crippen LogP contribution in [0.1, 0.15) is 5.56 Å². The smallest absolute Gasteiger partial charge is 0.335 e. The minimum absolute atomic E-state index is 0.0186. The molecule has 9 heteroatoms. The number of urea groups is 1. The van der Waals surface area contributed by atoms with E-state index in [2.05, 4.69) is 15.3 Å². The van der Waals surface area contributed by atoms with Crippen molar-refractivity contribution in [3.8, 4) is 0 Å². The van der Waals surface area contributed by atoms with E-state index in [1.54, 1.807) is 19.0 Å². The molecular formula is C17H14FN5O3. The first-order valence-corrected chi connectivity index (χ1v) is 7.53. The maximum absolute atomic E-state index is 13.4. The quantitative estimate of drug-likeness (QED) is 0.660. The molecule has 0 spiro atoms. The van der Waals surface area contributed by atoms with Crippen molar-refractivity contribution in [2.24, 2.45) is 0 Å². The number of halogens is 1. The van der Waals surface area contributed by atoms with Gasteiger partial charge in [-0.15, -0.1) is 0 Å². The minimum atomic E-state index is -0.943. The lowest BCUT2D eigenvalue weighted by Gasteiger charge is -2.26. The predicted octanol–water partition coefficient (Wildman–Crippen LogP) is 1.35. The van der Waals surface area contributed by atoms with Gasteiger partial charge in [0.05, 0.1) is 5.69 Å². The second-order valence-corrected chi connectivity index (χ2v) is 5.65. The molecule has 8 nitrogen and oxygen atoms in total. The van der Waals surface area contributed by atoms with Gasteiger partial charge in [0.25, 0.3) is 11.8 Å². The largest absolute Gasteiger partial charge is 0.347 e. The molecule has 1 saturated heterocycles. The summed E-state index contributed by atoms with van der Waals surface area (Å²) in [5.41, 5.74) is 0.141. The van der Waals surface area contributed by atoms with Gasteiger partial charge in [-0.2, -0.15) is 0 Å². The van der Waals surface area contributed by atoms with Crippen LogP contribution in [0.5, 0.6) is 0 Å². The van der Waals surface area contributed by atoms with E-state index in [-0.39, 0.29) is 11.3 Å². The van der Waals surface area contributed by atoms with Crippen molar-refractivity contribution < 1.29 is 18.8 Å². The van der Waals surface area contributed by atoms with Crippen LogP contribution >= 0.6 is 0 Å². The first-order chi connectivity index (χ1) is 12.4. The Morgan fingerprint density at radius 1 is 1.15 bits per heavy atom. The predicted molar refractivity (Wildman–Crippen MR) is 91.8 cm³/mol. The Morgan fingerprint density at radius 3 is 2.46 bits per heavy atom.